The number of thioether (sulfide) groups is 1. The first kappa shape index (κ1) is 16.0. The van der Waals surface area contributed by atoms with Crippen molar-refractivity contribution in [1.82, 2.24) is 0 Å². The Kier molecular flexibility index (Phi) is 6.92. The molecule has 0 heterocycles. The molecular weight excluding hydrogens is 258 g/mol. The number of unbranched alkanes of at least 4 members (excludes halogenated alkanes) is 3. The van der Waals surface area contributed by atoms with Gasteiger partial charge in [-0.2, -0.15) is 0 Å². The summed E-state index contributed by atoms with van der Waals surface area (Å²) >= 11 is 1.64. The van der Waals surface area contributed by atoms with Crippen LogP contribution in [-0.2, 0) is 0 Å². The molecule has 1 unspecified atom stereocenters. The molecule has 0 saturated carbocycles. The Morgan fingerprint density at radius 1 is 1.21 bits per heavy atom. The summed E-state index contributed by atoms with van der Waals surface area (Å²) in [5, 5.41) is 10.9. The number of hydrogen-bond acceptors (Lipinski definition) is 3. The number of benzene rings is 1. The average Bonchev–Trinajstić information content (AvgIpc) is 2.35. The Bertz CT molecular complexity index is 383. The number of rotatable bonds is 9. The van der Waals surface area contributed by atoms with Gasteiger partial charge in [-0.3, -0.25) is 10.1 Å². The van der Waals surface area contributed by atoms with E-state index in [4.69, 9.17) is 0 Å². The van der Waals surface area contributed by atoms with Gasteiger partial charge in [0.25, 0.3) is 0 Å². The van der Waals surface area contributed by atoms with Crippen molar-refractivity contribution in [3.8, 4) is 0 Å². The zero-order valence-electron chi connectivity index (χ0n) is 11.8. The lowest BCUT2D eigenvalue weighted by molar-refractivity contribution is -0.484. The van der Waals surface area contributed by atoms with Gasteiger partial charge in [0.2, 0.25) is 6.54 Å². The topological polar surface area (TPSA) is 43.1 Å². The summed E-state index contributed by atoms with van der Waals surface area (Å²) < 4.78 is -0.307. The van der Waals surface area contributed by atoms with Crippen LogP contribution in [-0.4, -0.2) is 16.2 Å². The van der Waals surface area contributed by atoms with Gasteiger partial charge in [-0.1, -0.05) is 50.8 Å². The van der Waals surface area contributed by atoms with E-state index < -0.39 is 0 Å². The normalized spacial score (nSPS) is 14.0. The molecular formula is C15H23NO2S. The maximum atomic E-state index is 10.9. The third kappa shape index (κ3) is 6.62. The lowest BCUT2D eigenvalue weighted by atomic mass is 10.0. The van der Waals surface area contributed by atoms with Crippen LogP contribution in [0.1, 0.15) is 46.0 Å². The van der Waals surface area contributed by atoms with Crippen molar-refractivity contribution in [2.45, 2.75) is 55.6 Å². The van der Waals surface area contributed by atoms with E-state index in [-0.39, 0.29) is 16.2 Å². The van der Waals surface area contributed by atoms with Crippen LogP contribution >= 0.6 is 11.8 Å². The Hall–Kier alpha value is -1.03. The van der Waals surface area contributed by atoms with Crippen molar-refractivity contribution in [3.05, 3.63) is 40.4 Å². The molecule has 19 heavy (non-hydrogen) atoms. The third-order valence-corrected chi connectivity index (χ3v) is 4.46. The quantitative estimate of drug-likeness (QED) is 0.283. The maximum absolute atomic E-state index is 10.9. The third-order valence-electron chi connectivity index (χ3n) is 3.13. The Balaban J connectivity index is 2.61. The molecule has 0 aliphatic carbocycles. The van der Waals surface area contributed by atoms with Crippen molar-refractivity contribution in [1.29, 1.82) is 0 Å². The molecule has 0 aliphatic heterocycles. The molecule has 0 N–H and O–H groups in total. The number of nitro groups is 1. The standard InChI is InChI=1S/C15H23NO2S/c1-3-4-5-9-12-15(2,13-16(17)18)19-14-10-7-6-8-11-14/h6-8,10-11H,3-5,9,12-13H2,1-2H3. The van der Waals surface area contributed by atoms with Gasteiger partial charge in [0.15, 0.2) is 0 Å². The molecule has 1 aromatic rings. The fraction of sp³-hybridized carbons (Fsp3) is 0.600. The van der Waals surface area contributed by atoms with Gasteiger partial charge in [0, 0.05) is 9.82 Å². The largest absolute Gasteiger partial charge is 0.264 e. The molecule has 0 aliphatic rings. The summed E-state index contributed by atoms with van der Waals surface area (Å²) in [5.74, 6) is 0. The van der Waals surface area contributed by atoms with E-state index in [0.717, 1.165) is 17.7 Å². The van der Waals surface area contributed by atoms with Gasteiger partial charge in [0.05, 0.1) is 4.75 Å². The summed E-state index contributed by atoms with van der Waals surface area (Å²) in [6.45, 7) is 4.22. The second-order valence-electron chi connectivity index (χ2n) is 5.17. The van der Waals surface area contributed by atoms with Gasteiger partial charge >= 0.3 is 0 Å². The molecule has 0 aromatic heterocycles. The Labute approximate surface area is 119 Å². The first-order valence-corrected chi connectivity index (χ1v) is 7.73. The highest BCUT2D eigenvalue weighted by molar-refractivity contribution is 8.00. The minimum absolute atomic E-state index is 0.0265. The predicted octanol–water partition coefficient (Wildman–Crippen LogP) is 4.78. The fourth-order valence-corrected chi connectivity index (χ4v) is 3.41. The van der Waals surface area contributed by atoms with Crippen molar-refractivity contribution in [2.24, 2.45) is 0 Å². The molecule has 106 valence electrons. The SMILES string of the molecule is CCCCCCC(C)(C[N+](=O)[O-])Sc1ccccc1. The van der Waals surface area contributed by atoms with Crippen molar-refractivity contribution < 1.29 is 4.92 Å². The first-order chi connectivity index (χ1) is 9.06. The highest BCUT2D eigenvalue weighted by Gasteiger charge is 2.31. The molecule has 0 saturated heterocycles. The van der Waals surface area contributed by atoms with Crippen LogP contribution < -0.4 is 0 Å². The van der Waals surface area contributed by atoms with Crippen molar-refractivity contribution in [3.63, 3.8) is 0 Å². The molecule has 0 radical (unpaired) electrons. The monoisotopic (exact) mass is 281 g/mol. The summed E-state index contributed by atoms with van der Waals surface area (Å²) in [5.41, 5.74) is 0. The minimum Gasteiger partial charge on any atom is -0.264 e. The average molecular weight is 281 g/mol. The fourth-order valence-electron chi connectivity index (χ4n) is 2.13. The summed E-state index contributed by atoms with van der Waals surface area (Å²) in [4.78, 5) is 11.8. The highest BCUT2D eigenvalue weighted by atomic mass is 32.2. The molecule has 0 bridgehead atoms. The lowest BCUT2D eigenvalue weighted by Crippen LogP contribution is -2.30. The van der Waals surface area contributed by atoms with Crippen LogP contribution in [0.2, 0.25) is 0 Å². The number of hydrogen-bond donors (Lipinski definition) is 0. The predicted molar refractivity (Wildman–Crippen MR) is 81.3 cm³/mol. The minimum atomic E-state index is -0.307. The van der Waals surface area contributed by atoms with E-state index in [2.05, 4.69) is 6.92 Å². The molecule has 0 spiro atoms. The van der Waals surface area contributed by atoms with Gasteiger partial charge in [-0.05, 0) is 25.5 Å². The van der Waals surface area contributed by atoms with Crippen LogP contribution in [0.15, 0.2) is 35.2 Å². The van der Waals surface area contributed by atoms with Crippen molar-refractivity contribution in [2.75, 3.05) is 6.54 Å². The second-order valence-corrected chi connectivity index (χ2v) is 6.83. The Morgan fingerprint density at radius 2 is 1.89 bits per heavy atom. The molecule has 0 fully saturated rings. The highest BCUT2D eigenvalue weighted by Crippen LogP contribution is 2.37. The van der Waals surface area contributed by atoms with E-state index in [9.17, 15) is 10.1 Å². The van der Waals surface area contributed by atoms with Crippen LogP contribution in [0, 0.1) is 10.1 Å². The van der Waals surface area contributed by atoms with Crippen molar-refractivity contribution >= 4 is 11.8 Å². The van der Waals surface area contributed by atoms with Crippen LogP contribution in [0.25, 0.3) is 0 Å². The molecule has 4 heteroatoms. The first-order valence-electron chi connectivity index (χ1n) is 6.91. The van der Waals surface area contributed by atoms with Gasteiger partial charge in [0.1, 0.15) is 0 Å². The van der Waals surface area contributed by atoms with E-state index in [1.54, 1.807) is 11.8 Å². The van der Waals surface area contributed by atoms with Crippen LogP contribution in [0.4, 0.5) is 0 Å². The van der Waals surface area contributed by atoms with Gasteiger partial charge in [-0.15, -0.1) is 11.8 Å². The van der Waals surface area contributed by atoms with Crippen LogP contribution in [0.5, 0.6) is 0 Å². The molecule has 1 aromatic carbocycles. The zero-order valence-corrected chi connectivity index (χ0v) is 12.6. The lowest BCUT2D eigenvalue weighted by Gasteiger charge is -2.24. The van der Waals surface area contributed by atoms with Crippen LogP contribution in [0.3, 0.4) is 0 Å². The van der Waals surface area contributed by atoms with E-state index >= 15 is 0 Å². The molecule has 1 atom stereocenters. The zero-order chi connectivity index (χ0) is 14.1. The smallest absolute Gasteiger partial charge is 0.218 e. The molecule has 0 amide bonds. The van der Waals surface area contributed by atoms with E-state index in [1.807, 2.05) is 37.3 Å². The van der Waals surface area contributed by atoms with E-state index in [1.165, 1.54) is 19.3 Å². The summed E-state index contributed by atoms with van der Waals surface area (Å²) in [6, 6.07) is 9.97. The molecule has 1 rings (SSSR count). The maximum Gasteiger partial charge on any atom is 0.218 e. The van der Waals surface area contributed by atoms with Gasteiger partial charge < -0.3 is 0 Å². The Morgan fingerprint density at radius 3 is 2.47 bits per heavy atom. The summed E-state index contributed by atoms with van der Waals surface area (Å²) in [7, 11) is 0. The summed E-state index contributed by atoms with van der Waals surface area (Å²) in [6.07, 6.45) is 5.53. The van der Waals surface area contributed by atoms with E-state index in [0.29, 0.717) is 0 Å². The second kappa shape index (κ2) is 8.20. The van der Waals surface area contributed by atoms with Gasteiger partial charge in [-0.25, -0.2) is 0 Å². The number of nitrogens with zero attached hydrogens (tertiary/aromatic N) is 1. The molecule has 3 nitrogen and oxygen atoms in total.